The summed E-state index contributed by atoms with van der Waals surface area (Å²) >= 11 is 0. The third-order valence-electron chi connectivity index (χ3n) is 3.92. The average molecular weight is 381 g/mol. The third-order valence-corrected chi connectivity index (χ3v) is 3.92. The van der Waals surface area contributed by atoms with Crippen molar-refractivity contribution in [2.75, 3.05) is 19.7 Å². The first-order valence-electron chi connectivity index (χ1n) is 8.11. The number of ether oxygens (including phenoxy) is 1. The summed E-state index contributed by atoms with van der Waals surface area (Å²) in [7, 11) is 0. The van der Waals surface area contributed by atoms with E-state index in [-0.39, 0.29) is 36.9 Å². The number of hydrogen-bond donors (Lipinski definition) is 2. The van der Waals surface area contributed by atoms with Crippen LogP contribution in [-0.4, -0.2) is 31.6 Å². The number of alkyl halides is 3. The van der Waals surface area contributed by atoms with Crippen LogP contribution in [-0.2, 0) is 11.0 Å². The Hall–Kier alpha value is -1.47. The molecule has 2 N–H and O–H groups in total. The fraction of sp³-hybridized carbons (Fsp3) is 0.588. The van der Waals surface area contributed by atoms with Gasteiger partial charge in [0.2, 0.25) is 0 Å². The van der Waals surface area contributed by atoms with Gasteiger partial charge in [-0.2, -0.15) is 13.2 Å². The predicted molar refractivity (Wildman–Crippen MR) is 92.3 cm³/mol. The van der Waals surface area contributed by atoms with Gasteiger partial charge >= 0.3 is 6.18 Å². The fourth-order valence-corrected chi connectivity index (χ4v) is 2.82. The maximum Gasteiger partial charge on any atom is 0.416 e. The second-order valence-corrected chi connectivity index (χ2v) is 6.29. The molecule has 1 aromatic carbocycles. The van der Waals surface area contributed by atoms with Crippen LogP contribution in [0.25, 0.3) is 0 Å². The highest BCUT2D eigenvalue weighted by molar-refractivity contribution is 5.85. The Morgan fingerprint density at radius 2 is 1.96 bits per heavy atom. The van der Waals surface area contributed by atoms with Crippen molar-refractivity contribution in [1.82, 2.24) is 10.6 Å². The van der Waals surface area contributed by atoms with Gasteiger partial charge in [0.05, 0.1) is 5.56 Å². The van der Waals surface area contributed by atoms with Crippen molar-refractivity contribution in [2.45, 2.75) is 44.8 Å². The molecule has 1 saturated heterocycles. The Morgan fingerprint density at radius 3 is 2.52 bits per heavy atom. The minimum atomic E-state index is -4.39. The van der Waals surface area contributed by atoms with Crippen LogP contribution in [0.1, 0.15) is 43.7 Å². The maximum atomic E-state index is 13.0. The normalized spacial score (nSPS) is 15.6. The zero-order valence-corrected chi connectivity index (χ0v) is 15.1. The van der Waals surface area contributed by atoms with Crippen LogP contribution in [0, 0.1) is 0 Å². The molecular formula is C17H24ClF3N2O2. The van der Waals surface area contributed by atoms with Crippen LogP contribution in [0.4, 0.5) is 13.2 Å². The standard InChI is InChI=1S/C17H23F3N2O2.ClH/c1-11(2)22-16(23)10-24-15-4-3-13(17(18,19)20)9-14(15)12-5-7-21-8-6-12;/h3-4,9,11-12,21H,5-8,10H2,1-2H3,(H,22,23);1H. The number of carbonyl (C=O) groups excluding carboxylic acids is 1. The van der Waals surface area contributed by atoms with E-state index in [0.29, 0.717) is 11.3 Å². The highest BCUT2D eigenvalue weighted by Crippen LogP contribution is 2.38. The van der Waals surface area contributed by atoms with Gasteiger partial charge in [0.15, 0.2) is 6.61 Å². The first kappa shape index (κ1) is 21.6. The minimum Gasteiger partial charge on any atom is -0.483 e. The second kappa shape index (κ2) is 9.29. The number of amides is 1. The van der Waals surface area contributed by atoms with Crippen molar-refractivity contribution in [3.63, 3.8) is 0 Å². The molecule has 1 aliphatic rings. The quantitative estimate of drug-likeness (QED) is 0.822. The topological polar surface area (TPSA) is 50.4 Å². The molecule has 1 aromatic rings. The first-order valence-corrected chi connectivity index (χ1v) is 8.11. The molecule has 0 saturated carbocycles. The van der Waals surface area contributed by atoms with Crippen LogP contribution >= 0.6 is 12.4 Å². The number of nitrogens with one attached hydrogen (secondary N) is 2. The molecule has 0 bridgehead atoms. The van der Waals surface area contributed by atoms with Gasteiger partial charge < -0.3 is 15.4 Å². The predicted octanol–water partition coefficient (Wildman–Crippen LogP) is 3.50. The number of carbonyl (C=O) groups is 1. The van der Waals surface area contributed by atoms with Gasteiger partial charge in [0, 0.05) is 6.04 Å². The molecule has 1 heterocycles. The highest BCUT2D eigenvalue weighted by Gasteiger charge is 2.32. The molecule has 142 valence electrons. The SMILES string of the molecule is CC(C)NC(=O)COc1ccc(C(F)(F)F)cc1C1CCNCC1.Cl. The first-order chi connectivity index (χ1) is 11.3. The zero-order valence-electron chi connectivity index (χ0n) is 14.3. The van der Waals surface area contributed by atoms with Gasteiger partial charge in [-0.25, -0.2) is 0 Å². The van der Waals surface area contributed by atoms with Crippen LogP contribution in [0.3, 0.4) is 0 Å². The van der Waals surface area contributed by atoms with E-state index in [9.17, 15) is 18.0 Å². The van der Waals surface area contributed by atoms with E-state index in [4.69, 9.17) is 4.74 Å². The number of halogens is 4. The lowest BCUT2D eigenvalue weighted by atomic mass is 9.88. The summed E-state index contributed by atoms with van der Waals surface area (Å²) < 4.78 is 44.5. The number of benzene rings is 1. The molecule has 1 amide bonds. The fourth-order valence-electron chi connectivity index (χ4n) is 2.82. The van der Waals surface area contributed by atoms with E-state index in [1.807, 2.05) is 13.8 Å². The zero-order chi connectivity index (χ0) is 17.7. The van der Waals surface area contributed by atoms with Crippen molar-refractivity contribution < 1.29 is 22.7 Å². The van der Waals surface area contributed by atoms with E-state index in [1.165, 1.54) is 6.07 Å². The molecular weight excluding hydrogens is 357 g/mol. The summed E-state index contributed by atoms with van der Waals surface area (Å²) in [5, 5.41) is 5.89. The molecule has 0 unspecified atom stereocenters. The maximum absolute atomic E-state index is 13.0. The molecule has 0 spiro atoms. The Morgan fingerprint density at radius 1 is 1.32 bits per heavy atom. The summed E-state index contributed by atoms with van der Waals surface area (Å²) in [4.78, 5) is 11.7. The van der Waals surface area contributed by atoms with Gasteiger partial charge in [0.25, 0.3) is 5.91 Å². The lowest BCUT2D eigenvalue weighted by molar-refractivity contribution is -0.137. The molecule has 0 atom stereocenters. The van der Waals surface area contributed by atoms with Crippen LogP contribution < -0.4 is 15.4 Å². The van der Waals surface area contributed by atoms with E-state index in [1.54, 1.807) is 0 Å². The van der Waals surface area contributed by atoms with Gasteiger partial charge in [-0.1, -0.05) is 0 Å². The third kappa shape index (κ3) is 6.40. The Labute approximate surface area is 151 Å². The van der Waals surface area contributed by atoms with E-state index in [2.05, 4.69) is 10.6 Å². The van der Waals surface area contributed by atoms with E-state index >= 15 is 0 Å². The monoisotopic (exact) mass is 380 g/mol. The van der Waals surface area contributed by atoms with Gasteiger partial charge in [0.1, 0.15) is 5.75 Å². The molecule has 0 aliphatic carbocycles. The molecule has 0 radical (unpaired) electrons. The van der Waals surface area contributed by atoms with Crippen LogP contribution in [0.2, 0.25) is 0 Å². The smallest absolute Gasteiger partial charge is 0.416 e. The molecule has 0 aromatic heterocycles. The second-order valence-electron chi connectivity index (χ2n) is 6.29. The summed E-state index contributed by atoms with van der Waals surface area (Å²) in [6.07, 6.45) is -2.90. The number of piperidine rings is 1. The van der Waals surface area contributed by atoms with E-state index < -0.39 is 11.7 Å². The molecule has 2 rings (SSSR count). The van der Waals surface area contributed by atoms with Crippen molar-refractivity contribution in [1.29, 1.82) is 0 Å². The van der Waals surface area contributed by atoms with E-state index in [0.717, 1.165) is 38.1 Å². The lowest BCUT2D eigenvalue weighted by Gasteiger charge is -2.26. The highest BCUT2D eigenvalue weighted by atomic mass is 35.5. The van der Waals surface area contributed by atoms with Crippen molar-refractivity contribution in [3.05, 3.63) is 29.3 Å². The Kier molecular flexibility index (Phi) is 8.02. The van der Waals surface area contributed by atoms with Crippen molar-refractivity contribution in [3.8, 4) is 5.75 Å². The Bertz CT molecular complexity index is 574. The molecule has 1 aliphatic heterocycles. The summed E-state index contributed by atoms with van der Waals surface area (Å²) in [5.41, 5.74) is -0.154. The summed E-state index contributed by atoms with van der Waals surface area (Å²) in [6, 6.07) is 3.46. The van der Waals surface area contributed by atoms with Gasteiger partial charge in [-0.3, -0.25) is 4.79 Å². The number of rotatable bonds is 5. The summed E-state index contributed by atoms with van der Waals surface area (Å²) in [6.45, 7) is 4.97. The molecule has 25 heavy (non-hydrogen) atoms. The van der Waals surface area contributed by atoms with Crippen molar-refractivity contribution in [2.24, 2.45) is 0 Å². The largest absolute Gasteiger partial charge is 0.483 e. The summed E-state index contributed by atoms with van der Waals surface area (Å²) in [5.74, 6) is 0.0617. The average Bonchev–Trinajstić information content (AvgIpc) is 2.52. The molecule has 4 nitrogen and oxygen atoms in total. The van der Waals surface area contributed by atoms with Gasteiger partial charge in [-0.15, -0.1) is 12.4 Å². The van der Waals surface area contributed by atoms with Crippen molar-refractivity contribution >= 4 is 18.3 Å². The van der Waals surface area contributed by atoms with Gasteiger partial charge in [-0.05, 0) is 69.5 Å². The molecule has 1 fully saturated rings. The van der Waals surface area contributed by atoms with Crippen LogP contribution in [0.15, 0.2) is 18.2 Å². The Balaban J connectivity index is 0.00000312. The molecule has 8 heteroatoms. The minimum absolute atomic E-state index is 0. The van der Waals surface area contributed by atoms with Crippen LogP contribution in [0.5, 0.6) is 5.75 Å². The lowest BCUT2D eigenvalue weighted by Crippen LogP contribution is -2.34. The number of hydrogen-bond acceptors (Lipinski definition) is 3.